The lowest BCUT2D eigenvalue weighted by molar-refractivity contribution is 0.104. The summed E-state index contributed by atoms with van der Waals surface area (Å²) in [6.07, 6.45) is 4.99. The van der Waals surface area contributed by atoms with Crippen molar-refractivity contribution in [2.45, 2.75) is 19.7 Å². The van der Waals surface area contributed by atoms with Crippen molar-refractivity contribution in [3.63, 3.8) is 0 Å². The number of fused-ring (bicyclic) bond motifs is 1. The second-order valence-corrected chi connectivity index (χ2v) is 5.33. The number of hydrogen-bond acceptors (Lipinski definition) is 3. The molecule has 0 saturated carbocycles. The molecule has 0 amide bonds. The molecule has 3 nitrogen and oxygen atoms in total. The van der Waals surface area contributed by atoms with Gasteiger partial charge in [0.25, 0.3) is 7.41 Å². The number of ketones is 1. The van der Waals surface area contributed by atoms with Crippen molar-refractivity contribution in [2.24, 2.45) is 0 Å². The van der Waals surface area contributed by atoms with E-state index >= 15 is 0 Å². The highest BCUT2D eigenvalue weighted by Crippen LogP contribution is 2.30. The van der Waals surface area contributed by atoms with Gasteiger partial charge in [-0.15, -0.1) is 0 Å². The van der Waals surface area contributed by atoms with Crippen molar-refractivity contribution in [3.8, 4) is 0 Å². The summed E-state index contributed by atoms with van der Waals surface area (Å²) in [6, 6.07) is 13.5. The van der Waals surface area contributed by atoms with Crippen molar-refractivity contribution in [2.75, 3.05) is 4.97 Å². The number of carbonyl (C=O) groups excluding carboxylic acids is 1. The summed E-state index contributed by atoms with van der Waals surface area (Å²) in [5, 5.41) is 9.86. The zero-order chi connectivity index (χ0) is 15.5. The topological polar surface area (TPSA) is 40.5 Å². The summed E-state index contributed by atoms with van der Waals surface area (Å²) in [5.41, 5.74) is 4.55. The first-order valence-electron chi connectivity index (χ1n) is 7.43. The molecule has 0 bridgehead atoms. The van der Waals surface area contributed by atoms with E-state index in [1.165, 1.54) is 5.56 Å². The van der Waals surface area contributed by atoms with Crippen LogP contribution in [0, 0.1) is 0 Å². The first-order chi connectivity index (χ1) is 10.7. The third kappa shape index (κ3) is 2.83. The summed E-state index contributed by atoms with van der Waals surface area (Å²) in [7, 11) is 1.72. The van der Waals surface area contributed by atoms with Crippen molar-refractivity contribution < 1.29 is 10.0 Å². The predicted molar refractivity (Wildman–Crippen MR) is 89.4 cm³/mol. The molecule has 1 radical (unpaired) electrons. The van der Waals surface area contributed by atoms with Gasteiger partial charge in [-0.1, -0.05) is 49.4 Å². The summed E-state index contributed by atoms with van der Waals surface area (Å²) >= 11 is 0. The van der Waals surface area contributed by atoms with E-state index in [1.807, 2.05) is 42.5 Å². The lowest BCUT2D eigenvalue weighted by Gasteiger charge is -2.13. The van der Waals surface area contributed by atoms with Crippen LogP contribution in [-0.4, -0.2) is 18.4 Å². The molecule has 4 heteroatoms. The van der Waals surface area contributed by atoms with Gasteiger partial charge in [-0.25, -0.2) is 0 Å². The molecule has 1 aliphatic rings. The molecule has 109 valence electrons. The molecule has 0 spiro atoms. The quantitative estimate of drug-likeness (QED) is 0.532. The van der Waals surface area contributed by atoms with Crippen LogP contribution in [0.25, 0.3) is 6.08 Å². The van der Waals surface area contributed by atoms with Gasteiger partial charge < -0.3 is 10.2 Å². The van der Waals surface area contributed by atoms with Gasteiger partial charge in [-0.05, 0) is 41.6 Å². The number of hydrogen-bond donors (Lipinski definition) is 1. The molecule has 1 N–H and O–H groups in total. The average Bonchev–Trinajstić information content (AvgIpc) is 2.95. The maximum atomic E-state index is 12.2. The minimum Gasteiger partial charge on any atom is -0.308 e. The Balaban J connectivity index is 1.82. The van der Waals surface area contributed by atoms with Crippen LogP contribution in [0.2, 0.25) is 0 Å². The molecule has 0 aromatic heterocycles. The van der Waals surface area contributed by atoms with Crippen LogP contribution in [0.3, 0.4) is 0 Å². The van der Waals surface area contributed by atoms with Gasteiger partial charge >= 0.3 is 0 Å². The Kier molecular flexibility index (Phi) is 4.12. The molecule has 0 atom stereocenters. The molecule has 22 heavy (non-hydrogen) atoms. The summed E-state index contributed by atoms with van der Waals surface area (Å²) in [6.45, 7) is 2.09. The first-order valence-corrected chi connectivity index (χ1v) is 7.43. The van der Waals surface area contributed by atoms with Crippen LogP contribution < -0.4 is 4.97 Å². The van der Waals surface area contributed by atoms with E-state index in [9.17, 15) is 10.0 Å². The average molecular weight is 290 g/mol. The standard InChI is InChI=1S/C18H17BNO2/c1-2-13-6-8-14(9-7-13)17(21)11-10-15-4-3-5-16-12-19-20(22)18(15)16/h3-11,22H,2,12H2,1H3/b11-10+. The van der Waals surface area contributed by atoms with Gasteiger partial charge in [0.15, 0.2) is 5.78 Å². The zero-order valence-electron chi connectivity index (χ0n) is 12.5. The fourth-order valence-corrected chi connectivity index (χ4v) is 2.63. The number of carbonyl (C=O) groups is 1. The maximum Gasteiger partial charge on any atom is 0.290 e. The second kappa shape index (κ2) is 6.20. The minimum absolute atomic E-state index is 0.0354. The Hall–Kier alpha value is -2.33. The number of anilines is 1. The van der Waals surface area contributed by atoms with E-state index < -0.39 is 0 Å². The van der Waals surface area contributed by atoms with E-state index in [2.05, 4.69) is 6.92 Å². The highest BCUT2D eigenvalue weighted by molar-refractivity contribution is 6.43. The molecule has 2 aromatic rings. The van der Waals surface area contributed by atoms with Gasteiger partial charge in [-0.2, -0.15) is 0 Å². The van der Waals surface area contributed by atoms with E-state index in [0.29, 0.717) is 11.9 Å². The molecule has 1 aliphatic heterocycles. The number of benzene rings is 2. The van der Waals surface area contributed by atoms with Crippen LogP contribution in [-0.2, 0) is 12.7 Å². The Morgan fingerprint density at radius 2 is 2.05 bits per heavy atom. The first kappa shape index (κ1) is 14.6. The lowest BCUT2D eigenvalue weighted by Crippen LogP contribution is -2.18. The smallest absolute Gasteiger partial charge is 0.290 e. The van der Waals surface area contributed by atoms with E-state index in [1.54, 1.807) is 19.6 Å². The normalized spacial score (nSPS) is 13.3. The van der Waals surface area contributed by atoms with Crippen LogP contribution >= 0.6 is 0 Å². The highest BCUT2D eigenvalue weighted by atomic mass is 16.5. The molecular weight excluding hydrogens is 273 g/mol. The molecular formula is C18H17BNO2. The maximum absolute atomic E-state index is 12.2. The fraction of sp³-hybridized carbons (Fsp3) is 0.167. The summed E-state index contributed by atoms with van der Waals surface area (Å²) < 4.78 is 0. The predicted octanol–water partition coefficient (Wildman–Crippen LogP) is 3.47. The van der Waals surface area contributed by atoms with Crippen LogP contribution in [0.4, 0.5) is 5.69 Å². The Labute approximate surface area is 131 Å². The Morgan fingerprint density at radius 3 is 2.77 bits per heavy atom. The Morgan fingerprint density at radius 1 is 1.27 bits per heavy atom. The van der Waals surface area contributed by atoms with E-state index in [4.69, 9.17) is 0 Å². The molecule has 1 heterocycles. The van der Waals surface area contributed by atoms with Crippen LogP contribution in [0.15, 0.2) is 48.5 Å². The SMILES string of the molecule is CCc1ccc(C(=O)/C=C/c2cccc3c2N(O)[B]C3)cc1. The number of rotatable bonds is 4. The van der Waals surface area contributed by atoms with Crippen LogP contribution in [0.1, 0.15) is 34.0 Å². The molecule has 0 fully saturated rings. The lowest BCUT2D eigenvalue weighted by atomic mass is 9.90. The number of allylic oxidation sites excluding steroid dienone is 1. The van der Waals surface area contributed by atoms with Gasteiger partial charge in [0, 0.05) is 5.56 Å². The van der Waals surface area contributed by atoms with Crippen molar-refractivity contribution in [1.82, 2.24) is 0 Å². The number of nitrogens with zero attached hydrogens (tertiary/aromatic N) is 1. The van der Waals surface area contributed by atoms with E-state index in [-0.39, 0.29) is 5.78 Å². The van der Waals surface area contributed by atoms with Gasteiger partial charge in [-0.3, -0.25) is 4.79 Å². The zero-order valence-corrected chi connectivity index (χ0v) is 12.5. The van der Waals surface area contributed by atoms with Crippen molar-refractivity contribution in [1.29, 1.82) is 0 Å². The molecule has 0 unspecified atom stereocenters. The second-order valence-electron chi connectivity index (χ2n) is 5.33. The number of para-hydroxylation sites is 1. The van der Waals surface area contributed by atoms with Crippen molar-refractivity contribution in [3.05, 3.63) is 70.8 Å². The number of aryl methyl sites for hydroxylation is 1. The van der Waals surface area contributed by atoms with Gasteiger partial charge in [0.1, 0.15) is 0 Å². The van der Waals surface area contributed by atoms with Crippen LogP contribution in [0.5, 0.6) is 0 Å². The molecule has 2 aromatic carbocycles. The largest absolute Gasteiger partial charge is 0.308 e. The minimum atomic E-state index is -0.0354. The van der Waals surface area contributed by atoms with Crippen molar-refractivity contribution >= 4 is 25.0 Å². The van der Waals surface area contributed by atoms with Gasteiger partial charge in [0.05, 0.1) is 5.69 Å². The summed E-state index contributed by atoms with van der Waals surface area (Å²) in [5.74, 6) is -0.0354. The molecule has 0 saturated heterocycles. The Bertz CT molecular complexity index is 722. The molecule has 3 rings (SSSR count). The summed E-state index contributed by atoms with van der Waals surface area (Å²) in [4.78, 5) is 13.4. The van der Waals surface area contributed by atoms with E-state index in [0.717, 1.165) is 28.2 Å². The third-order valence-corrected chi connectivity index (χ3v) is 3.92. The van der Waals surface area contributed by atoms with Gasteiger partial charge in [0.2, 0.25) is 0 Å². The monoisotopic (exact) mass is 290 g/mol. The fourth-order valence-electron chi connectivity index (χ4n) is 2.63. The third-order valence-electron chi connectivity index (χ3n) is 3.92. The highest BCUT2D eigenvalue weighted by Gasteiger charge is 2.21. The molecule has 0 aliphatic carbocycles.